The SMILES string of the molecule is Cc1ccccc1NC(=O)NCCc1c(C)nn(C)c1C. The minimum absolute atomic E-state index is 0.177. The molecule has 21 heavy (non-hydrogen) atoms. The maximum absolute atomic E-state index is 11.9. The first-order valence-electron chi connectivity index (χ1n) is 7.08. The maximum Gasteiger partial charge on any atom is 0.319 e. The van der Waals surface area contributed by atoms with Gasteiger partial charge in [-0.25, -0.2) is 4.79 Å². The standard InChI is InChI=1S/C16H22N4O/c1-11-7-5-6-8-15(11)18-16(21)17-10-9-14-12(2)19-20(4)13(14)3/h5-8H,9-10H2,1-4H3,(H2,17,18,21). The Bertz CT molecular complexity index is 646. The second-order valence-electron chi connectivity index (χ2n) is 5.22. The van der Waals surface area contributed by atoms with Crippen molar-refractivity contribution in [2.75, 3.05) is 11.9 Å². The third-order valence-corrected chi connectivity index (χ3v) is 3.71. The second kappa shape index (κ2) is 6.43. The van der Waals surface area contributed by atoms with Gasteiger partial charge in [0.05, 0.1) is 5.69 Å². The number of carbonyl (C=O) groups is 1. The highest BCUT2D eigenvalue weighted by Gasteiger charge is 2.09. The first-order chi connectivity index (χ1) is 9.99. The smallest absolute Gasteiger partial charge is 0.319 e. The number of hydrogen-bond acceptors (Lipinski definition) is 2. The number of aromatic nitrogens is 2. The molecule has 5 heteroatoms. The van der Waals surface area contributed by atoms with E-state index in [0.29, 0.717) is 6.54 Å². The van der Waals surface area contributed by atoms with Crippen molar-refractivity contribution in [3.63, 3.8) is 0 Å². The average Bonchev–Trinajstić information content (AvgIpc) is 2.68. The Morgan fingerprint density at radius 1 is 1.24 bits per heavy atom. The van der Waals surface area contributed by atoms with Crippen LogP contribution in [-0.2, 0) is 13.5 Å². The maximum atomic E-state index is 11.9. The summed E-state index contributed by atoms with van der Waals surface area (Å²) in [6, 6.07) is 7.54. The van der Waals surface area contributed by atoms with E-state index in [9.17, 15) is 4.79 Å². The van der Waals surface area contributed by atoms with Crippen molar-refractivity contribution < 1.29 is 4.79 Å². The highest BCUT2D eigenvalue weighted by atomic mass is 16.2. The zero-order chi connectivity index (χ0) is 15.4. The van der Waals surface area contributed by atoms with Crippen LogP contribution in [0.5, 0.6) is 0 Å². The van der Waals surface area contributed by atoms with E-state index in [4.69, 9.17) is 0 Å². The lowest BCUT2D eigenvalue weighted by atomic mass is 10.1. The normalized spacial score (nSPS) is 10.5. The number of carbonyl (C=O) groups excluding carboxylic acids is 1. The van der Waals surface area contributed by atoms with Crippen LogP contribution in [0.25, 0.3) is 0 Å². The molecule has 2 amide bonds. The zero-order valence-corrected chi connectivity index (χ0v) is 13.0. The van der Waals surface area contributed by atoms with Crippen LogP contribution in [0, 0.1) is 20.8 Å². The summed E-state index contributed by atoms with van der Waals surface area (Å²) in [6.45, 7) is 6.60. The van der Waals surface area contributed by atoms with Crippen molar-refractivity contribution in [2.45, 2.75) is 27.2 Å². The number of benzene rings is 1. The third-order valence-electron chi connectivity index (χ3n) is 3.71. The first kappa shape index (κ1) is 15.1. The summed E-state index contributed by atoms with van der Waals surface area (Å²) < 4.78 is 1.87. The van der Waals surface area contributed by atoms with Crippen LogP contribution >= 0.6 is 0 Å². The van der Waals surface area contributed by atoms with Gasteiger partial charge >= 0.3 is 6.03 Å². The Balaban J connectivity index is 1.86. The second-order valence-corrected chi connectivity index (χ2v) is 5.22. The number of para-hydroxylation sites is 1. The van der Waals surface area contributed by atoms with E-state index in [0.717, 1.165) is 29.1 Å². The van der Waals surface area contributed by atoms with Crippen molar-refractivity contribution in [3.05, 3.63) is 46.8 Å². The summed E-state index contributed by atoms with van der Waals surface area (Å²) in [4.78, 5) is 11.9. The number of anilines is 1. The summed E-state index contributed by atoms with van der Waals surface area (Å²) >= 11 is 0. The number of nitrogens with one attached hydrogen (secondary N) is 2. The Hall–Kier alpha value is -2.30. The van der Waals surface area contributed by atoms with Gasteiger partial charge in [0.2, 0.25) is 0 Å². The molecule has 0 saturated heterocycles. The van der Waals surface area contributed by atoms with E-state index in [1.54, 1.807) is 0 Å². The van der Waals surface area contributed by atoms with Crippen LogP contribution in [0.15, 0.2) is 24.3 Å². The minimum atomic E-state index is -0.177. The van der Waals surface area contributed by atoms with Gasteiger partial charge in [-0.1, -0.05) is 18.2 Å². The molecule has 0 unspecified atom stereocenters. The molecule has 2 aromatic rings. The van der Waals surface area contributed by atoms with Gasteiger partial charge in [-0.05, 0) is 44.4 Å². The van der Waals surface area contributed by atoms with Crippen LogP contribution in [-0.4, -0.2) is 22.4 Å². The van der Waals surface area contributed by atoms with Crippen molar-refractivity contribution >= 4 is 11.7 Å². The fourth-order valence-corrected chi connectivity index (χ4v) is 2.36. The molecule has 1 aromatic heterocycles. The Morgan fingerprint density at radius 2 is 1.95 bits per heavy atom. The molecule has 0 atom stereocenters. The molecule has 0 spiro atoms. The van der Waals surface area contributed by atoms with Gasteiger partial charge in [0, 0.05) is 25.0 Å². The number of amides is 2. The predicted octanol–water partition coefficient (Wildman–Crippen LogP) is 2.71. The molecule has 0 aliphatic heterocycles. The Kier molecular flexibility index (Phi) is 4.62. The van der Waals surface area contributed by atoms with Crippen LogP contribution < -0.4 is 10.6 Å². The number of aryl methyl sites for hydroxylation is 3. The molecular weight excluding hydrogens is 264 g/mol. The van der Waals surface area contributed by atoms with Crippen molar-refractivity contribution in [2.24, 2.45) is 7.05 Å². The number of urea groups is 1. The third kappa shape index (κ3) is 3.62. The lowest BCUT2D eigenvalue weighted by Gasteiger charge is -2.09. The molecule has 0 aliphatic carbocycles. The molecule has 1 aromatic carbocycles. The molecule has 0 aliphatic rings. The van der Waals surface area contributed by atoms with Crippen molar-refractivity contribution in [1.82, 2.24) is 15.1 Å². The molecule has 0 fully saturated rings. The van der Waals surface area contributed by atoms with E-state index in [-0.39, 0.29) is 6.03 Å². The Morgan fingerprint density at radius 3 is 2.57 bits per heavy atom. The summed E-state index contributed by atoms with van der Waals surface area (Å²) in [5.41, 5.74) is 5.26. The van der Waals surface area contributed by atoms with Gasteiger partial charge in [0.15, 0.2) is 0 Å². The van der Waals surface area contributed by atoms with E-state index in [1.807, 2.05) is 56.8 Å². The zero-order valence-electron chi connectivity index (χ0n) is 13.0. The highest BCUT2D eigenvalue weighted by molar-refractivity contribution is 5.89. The highest BCUT2D eigenvalue weighted by Crippen LogP contribution is 2.13. The predicted molar refractivity (Wildman–Crippen MR) is 84.6 cm³/mol. The topological polar surface area (TPSA) is 59.0 Å². The van der Waals surface area contributed by atoms with Gasteiger partial charge < -0.3 is 10.6 Å². The van der Waals surface area contributed by atoms with E-state index < -0.39 is 0 Å². The lowest BCUT2D eigenvalue weighted by molar-refractivity contribution is 0.252. The van der Waals surface area contributed by atoms with Gasteiger partial charge in [0.25, 0.3) is 0 Å². The lowest BCUT2D eigenvalue weighted by Crippen LogP contribution is -2.30. The van der Waals surface area contributed by atoms with Crippen LogP contribution in [0.4, 0.5) is 10.5 Å². The first-order valence-corrected chi connectivity index (χ1v) is 7.08. The molecular formula is C16H22N4O. The minimum Gasteiger partial charge on any atom is -0.338 e. The molecule has 1 heterocycles. The number of nitrogens with zero attached hydrogens (tertiary/aromatic N) is 2. The molecule has 0 radical (unpaired) electrons. The molecule has 2 N–H and O–H groups in total. The van der Waals surface area contributed by atoms with Gasteiger partial charge in [-0.2, -0.15) is 5.10 Å². The average molecular weight is 286 g/mol. The fraction of sp³-hybridized carbons (Fsp3) is 0.375. The summed E-state index contributed by atoms with van der Waals surface area (Å²) in [6.07, 6.45) is 0.784. The van der Waals surface area contributed by atoms with Crippen LogP contribution in [0.3, 0.4) is 0 Å². The number of rotatable bonds is 4. The van der Waals surface area contributed by atoms with E-state index >= 15 is 0 Å². The monoisotopic (exact) mass is 286 g/mol. The van der Waals surface area contributed by atoms with Gasteiger partial charge in [-0.3, -0.25) is 4.68 Å². The van der Waals surface area contributed by atoms with Crippen molar-refractivity contribution in [1.29, 1.82) is 0 Å². The molecule has 2 rings (SSSR count). The van der Waals surface area contributed by atoms with Crippen LogP contribution in [0.2, 0.25) is 0 Å². The van der Waals surface area contributed by atoms with E-state index in [1.165, 1.54) is 5.56 Å². The Labute approximate surface area is 125 Å². The summed E-state index contributed by atoms with van der Waals surface area (Å²) in [7, 11) is 1.93. The summed E-state index contributed by atoms with van der Waals surface area (Å²) in [5.74, 6) is 0. The fourth-order valence-electron chi connectivity index (χ4n) is 2.36. The largest absolute Gasteiger partial charge is 0.338 e. The quantitative estimate of drug-likeness (QED) is 0.908. The van der Waals surface area contributed by atoms with Crippen LogP contribution in [0.1, 0.15) is 22.5 Å². The molecule has 0 bridgehead atoms. The summed E-state index contributed by atoms with van der Waals surface area (Å²) in [5, 5.41) is 10.1. The van der Waals surface area contributed by atoms with Crippen molar-refractivity contribution in [3.8, 4) is 0 Å². The molecule has 0 saturated carbocycles. The molecule has 112 valence electrons. The van der Waals surface area contributed by atoms with E-state index in [2.05, 4.69) is 15.7 Å². The molecule has 5 nitrogen and oxygen atoms in total. The van der Waals surface area contributed by atoms with Gasteiger partial charge in [-0.15, -0.1) is 0 Å². The number of hydrogen-bond donors (Lipinski definition) is 2. The van der Waals surface area contributed by atoms with Gasteiger partial charge in [0.1, 0.15) is 0 Å².